The molecule has 3 rings (SSSR count). The highest BCUT2D eigenvalue weighted by atomic mass is 32.2. The summed E-state index contributed by atoms with van der Waals surface area (Å²) < 4.78 is 1.20. The molecule has 0 bridgehead atoms. The van der Waals surface area contributed by atoms with E-state index in [1.54, 1.807) is 23.1 Å². The number of aryl methyl sites for hydroxylation is 2. The van der Waals surface area contributed by atoms with Gasteiger partial charge >= 0.3 is 0 Å². The Morgan fingerprint density at radius 1 is 1.22 bits per heavy atom. The van der Waals surface area contributed by atoms with Crippen LogP contribution in [0.3, 0.4) is 0 Å². The Morgan fingerprint density at radius 3 is 2.83 bits per heavy atom. The van der Waals surface area contributed by atoms with E-state index in [-0.39, 0.29) is 5.91 Å². The quantitative estimate of drug-likeness (QED) is 0.725. The van der Waals surface area contributed by atoms with Gasteiger partial charge in [-0.15, -0.1) is 23.1 Å². The Morgan fingerprint density at radius 2 is 2.04 bits per heavy atom. The summed E-state index contributed by atoms with van der Waals surface area (Å²) in [5, 5.41) is 4.04. The van der Waals surface area contributed by atoms with Crippen LogP contribution in [0.5, 0.6) is 0 Å². The molecule has 0 spiro atoms. The molecular formula is C18H18N2OS2. The molecule has 0 saturated heterocycles. The number of aromatic nitrogens is 1. The average Bonchev–Trinajstić information content (AvgIpc) is 2.93. The van der Waals surface area contributed by atoms with Gasteiger partial charge in [0.15, 0.2) is 0 Å². The smallest absolute Gasteiger partial charge is 0.234 e. The average molecular weight is 342 g/mol. The number of anilines is 1. The standard InChI is InChI=1S/C18H18N2OS2/c1-12-7-8-14(13(2)9-12)19-17(21)10-22-11-18-20-15-5-3-4-6-16(15)23-18/h3-9H,10-11H2,1-2H3,(H,19,21). The van der Waals surface area contributed by atoms with Crippen molar-refractivity contribution >= 4 is 44.9 Å². The monoisotopic (exact) mass is 342 g/mol. The summed E-state index contributed by atoms with van der Waals surface area (Å²) in [6.45, 7) is 4.06. The van der Waals surface area contributed by atoms with Crippen LogP contribution in [0, 0.1) is 13.8 Å². The van der Waals surface area contributed by atoms with E-state index < -0.39 is 0 Å². The lowest BCUT2D eigenvalue weighted by Crippen LogP contribution is -2.15. The lowest BCUT2D eigenvalue weighted by Gasteiger charge is -2.08. The number of nitrogens with one attached hydrogen (secondary N) is 1. The molecule has 118 valence electrons. The topological polar surface area (TPSA) is 42.0 Å². The van der Waals surface area contributed by atoms with Gasteiger partial charge in [-0.25, -0.2) is 4.98 Å². The lowest BCUT2D eigenvalue weighted by molar-refractivity contribution is -0.113. The molecule has 0 saturated carbocycles. The van der Waals surface area contributed by atoms with Gasteiger partial charge in [-0.05, 0) is 37.6 Å². The van der Waals surface area contributed by atoms with Gasteiger partial charge in [0.1, 0.15) is 5.01 Å². The van der Waals surface area contributed by atoms with Gasteiger partial charge in [-0.1, -0.05) is 29.8 Å². The molecule has 0 radical (unpaired) electrons. The fourth-order valence-electron chi connectivity index (χ4n) is 2.35. The molecule has 3 aromatic rings. The van der Waals surface area contributed by atoms with Crippen molar-refractivity contribution in [3.63, 3.8) is 0 Å². The van der Waals surface area contributed by atoms with Crippen LogP contribution in [-0.4, -0.2) is 16.6 Å². The zero-order valence-corrected chi connectivity index (χ0v) is 14.8. The molecule has 0 unspecified atom stereocenters. The van der Waals surface area contributed by atoms with Gasteiger partial charge in [0.05, 0.1) is 16.0 Å². The predicted octanol–water partition coefficient (Wildman–Crippen LogP) is 4.79. The minimum atomic E-state index is 0.0306. The molecule has 3 nitrogen and oxygen atoms in total. The minimum absolute atomic E-state index is 0.0306. The number of thiazole rings is 1. The number of nitrogens with zero attached hydrogens (tertiary/aromatic N) is 1. The number of fused-ring (bicyclic) bond motifs is 1. The van der Waals surface area contributed by atoms with Gasteiger partial charge in [0.2, 0.25) is 5.91 Å². The van der Waals surface area contributed by atoms with Crippen molar-refractivity contribution in [2.75, 3.05) is 11.1 Å². The second-order valence-electron chi connectivity index (χ2n) is 5.43. The van der Waals surface area contributed by atoms with Crippen LogP contribution >= 0.6 is 23.1 Å². The van der Waals surface area contributed by atoms with Crippen molar-refractivity contribution in [2.24, 2.45) is 0 Å². The van der Waals surface area contributed by atoms with Gasteiger partial charge in [-0.2, -0.15) is 0 Å². The maximum Gasteiger partial charge on any atom is 0.234 e. The second-order valence-corrected chi connectivity index (χ2v) is 7.54. The van der Waals surface area contributed by atoms with Crippen LogP contribution < -0.4 is 5.32 Å². The van der Waals surface area contributed by atoms with Gasteiger partial charge < -0.3 is 5.32 Å². The molecule has 0 aliphatic rings. The highest BCUT2D eigenvalue weighted by Gasteiger charge is 2.07. The second kappa shape index (κ2) is 7.15. The third kappa shape index (κ3) is 4.12. The number of carbonyl (C=O) groups is 1. The minimum Gasteiger partial charge on any atom is -0.325 e. The Kier molecular flexibility index (Phi) is 4.98. The van der Waals surface area contributed by atoms with Gasteiger partial charge in [-0.3, -0.25) is 4.79 Å². The zero-order valence-electron chi connectivity index (χ0n) is 13.1. The fourth-order valence-corrected chi connectivity index (χ4v) is 4.20. The first-order chi connectivity index (χ1) is 11.1. The van der Waals surface area contributed by atoms with E-state index in [1.165, 1.54) is 10.3 Å². The predicted molar refractivity (Wildman–Crippen MR) is 100 cm³/mol. The molecular weight excluding hydrogens is 324 g/mol. The highest BCUT2D eigenvalue weighted by Crippen LogP contribution is 2.25. The number of hydrogen-bond donors (Lipinski definition) is 1. The maximum atomic E-state index is 12.1. The SMILES string of the molecule is Cc1ccc(NC(=O)CSCc2nc3ccccc3s2)c(C)c1. The molecule has 2 aromatic carbocycles. The third-order valence-electron chi connectivity index (χ3n) is 3.45. The number of benzene rings is 2. The normalized spacial score (nSPS) is 10.9. The lowest BCUT2D eigenvalue weighted by atomic mass is 10.1. The van der Waals surface area contributed by atoms with Crippen molar-refractivity contribution in [2.45, 2.75) is 19.6 Å². The number of carbonyl (C=O) groups excluding carboxylic acids is 1. The Hall–Kier alpha value is -1.85. The van der Waals surface area contributed by atoms with Crippen molar-refractivity contribution in [1.29, 1.82) is 0 Å². The van der Waals surface area contributed by atoms with Crippen molar-refractivity contribution in [1.82, 2.24) is 4.98 Å². The van der Waals surface area contributed by atoms with Crippen LogP contribution in [0.1, 0.15) is 16.1 Å². The van der Waals surface area contributed by atoms with E-state index in [4.69, 9.17) is 0 Å². The third-order valence-corrected chi connectivity index (χ3v) is 5.62. The van der Waals surface area contributed by atoms with E-state index in [0.29, 0.717) is 5.75 Å². The summed E-state index contributed by atoms with van der Waals surface area (Å²) >= 11 is 3.29. The molecule has 5 heteroatoms. The van der Waals surface area contributed by atoms with Crippen LogP contribution in [0.2, 0.25) is 0 Å². The molecule has 0 fully saturated rings. The molecule has 1 amide bonds. The highest BCUT2D eigenvalue weighted by molar-refractivity contribution is 7.99. The molecule has 23 heavy (non-hydrogen) atoms. The van der Waals surface area contributed by atoms with E-state index in [9.17, 15) is 4.79 Å². The number of hydrogen-bond acceptors (Lipinski definition) is 4. The first-order valence-corrected chi connectivity index (χ1v) is 9.38. The van der Waals surface area contributed by atoms with E-state index in [1.807, 2.05) is 44.2 Å². The summed E-state index contributed by atoms with van der Waals surface area (Å²) in [6.07, 6.45) is 0. The van der Waals surface area contributed by atoms with E-state index in [2.05, 4.69) is 22.4 Å². The number of para-hydroxylation sites is 1. The summed E-state index contributed by atoms with van der Waals surface area (Å²) in [7, 11) is 0. The van der Waals surface area contributed by atoms with Crippen LogP contribution in [0.15, 0.2) is 42.5 Å². The van der Waals surface area contributed by atoms with Crippen molar-refractivity contribution in [3.05, 3.63) is 58.6 Å². The molecule has 1 N–H and O–H groups in total. The maximum absolute atomic E-state index is 12.1. The van der Waals surface area contributed by atoms with Crippen molar-refractivity contribution < 1.29 is 4.79 Å². The summed E-state index contributed by atoms with van der Waals surface area (Å²) in [4.78, 5) is 16.6. The summed E-state index contributed by atoms with van der Waals surface area (Å²) in [5.74, 6) is 1.23. The largest absolute Gasteiger partial charge is 0.325 e. The number of thioether (sulfide) groups is 1. The number of amides is 1. The Labute approximate surface area is 144 Å². The Balaban J connectivity index is 1.52. The number of rotatable bonds is 5. The fraction of sp³-hybridized carbons (Fsp3) is 0.222. The summed E-state index contributed by atoms with van der Waals surface area (Å²) in [5.41, 5.74) is 4.22. The van der Waals surface area contributed by atoms with Gasteiger partial charge in [0.25, 0.3) is 0 Å². The van der Waals surface area contributed by atoms with Crippen LogP contribution in [0.25, 0.3) is 10.2 Å². The molecule has 1 heterocycles. The molecule has 0 aliphatic carbocycles. The van der Waals surface area contributed by atoms with Crippen molar-refractivity contribution in [3.8, 4) is 0 Å². The molecule has 0 atom stereocenters. The van der Waals surface area contributed by atoms with E-state index >= 15 is 0 Å². The summed E-state index contributed by atoms with van der Waals surface area (Å²) in [6, 6.07) is 14.2. The molecule has 1 aromatic heterocycles. The first kappa shape index (κ1) is 16.0. The first-order valence-electron chi connectivity index (χ1n) is 7.41. The van der Waals surface area contributed by atoms with Crippen LogP contribution in [0.4, 0.5) is 5.69 Å². The van der Waals surface area contributed by atoms with Crippen LogP contribution in [-0.2, 0) is 10.5 Å². The van der Waals surface area contributed by atoms with Gasteiger partial charge in [0, 0.05) is 11.4 Å². The zero-order chi connectivity index (χ0) is 16.2. The molecule has 0 aliphatic heterocycles. The Bertz CT molecular complexity index is 809. The van der Waals surface area contributed by atoms with E-state index in [0.717, 1.165) is 27.5 Å².